The van der Waals surface area contributed by atoms with Crippen LogP contribution in [0.4, 0.5) is 11.4 Å². The molecule has 6 nitrogen and oxygen atoms in total. The first-order valence-electron chi connectivity index (χ1n) is 9.27. The zero-order valence-corrected chi connectivity index (χ0v) is 18.1. The number of anilines is 1. The van der Waals surface area contributed by atoms with E-state index in [-0.39, 0.29) is 5.69 Å². The van der Waals surface area contributed by atoms with Crippen molar-refractivity contribution in [1.29, 1.82) is 0 Å². The fourth-order valence-corrected chi connectivity index (χ4v) is 4.09. The van der Waals surface area contributed by atoms with E-state index in [1.54, 1.807) is 18.2 Å². The fourth-order valence-electron chi connectivity index (χ4n) is 3.40. The summed E-state index contributed by atoms with van der Waals surface area (Å²) in [4.78, 5) is 15.3. The molecule has 4 rings (SSSR count). The minimum atomic E-state index is -0.394. The van der Waals surface area contributed by atoms with Crippen LogP contribution in [0.3, 0.4) is 0 Å². The number of hydrogen-bond acceptors (Lipinski definition) is 5. The first kappa shape index (κ1) is 20.7. The third-order valence-corrected chi connectivity index (χ3v) is 6.30. The van der Waals surface area contributed by atoms with Gasteiger partial charge in [-0.05, 0) is 36.4 Å². The van der Waals surface area contributed by atoms with Crippen molar-refractivity contribution in [1.82, 2.24) is 4.90 Å². The summed E-state index contributed by atoms with van der Waals surface area (Å²) in [6.07, 6.45) is 0. The largest absolute Gasteiger partial charge is 0.454 e. The molecule has 1 aliphatic heterocycles. The second-order valence-corrected chi connectivity index (χ2v) is 7.99. The number of rotatable bonds is 4. The molecule has 1 aromatic heterocycles. The van der Waals surface area contributed by atoms with Crippen LogP contribution >= 0.6 is 35.4 Å². The van der Waals surface area contributed by atoms with Crippen molar-refractivity contribution in [2.24, 2.45) is 0 Å². The van der Waals surface area contributed by atoms with E-state index in [9.17, 15) is 10.1 Å². The Kier molecular flexibility index (Phi) is 5.94. The van der Waals surface area contributed by atoms with E-state index in [2.05, 4.69) is 9.80 Å². The van der Waals surface area contributed by atoms with Crippen LogP contribution in [-0.2, 0) is 0 Å². The Morgan fingerprint density at radius 3 is 2.37 bits per heavy atom. The Morgan fingerprint density at radius 1 is 1.00 bits per heavy atom. The first-order valence-corrected chi connectivity index (χ1v) is 10.4. The number of thiocarbonyl (C=S) groups is 1. The van der Waals surface area contributed by atoms with Crippen molar-refractivity contribution in [2.75, 3.05) is 31.1 Å². The molecule has 0 atom stereocenters. The van der Waals surface area contributed by atoms with Gasteiger partial charge >= 0.3 is 0 Å². The molecular formula is C21H17Cl2N3O3S. The summed E-state index contributed by atoms with van der Waals surface area (Å²) in [5.41, 5.74) is 1.77. The van der Waals surface area contributed by atoms with Crippen LogP contribution < -0.4 is 4.90 Å². The van der Waals surface area contributed by atoms with Gasteiger partial charge in [0.2, 0.25) is 0 Å². The van der Waals surface area contributed by atoms with E-state index in [1.165, 1.54) is 12.1 Å². The maximum atomic E-state index is 10.8. The molecule has 9 heteroatoms. The van der Waals surface area contributed by atoms with Crippen LogP contribution in [0.5, 0.6) is 0 Å². The highest BCUT2D eigenvalue weighted by molar-refractivity contribution is 7.80. The number of furan rings is 1. The lowest BCUT2D eigenvalue weighted by molar-refractivity contribution is -0.384. The smallest absolute Gasteiger partial charge is 0.269 e. The lowest BCUT2D eigenvalue weighted by Crippen LogP contribution is -2.48. The molecule has 2 heterocycles. The van der Waals surface area contributed by atoms with Crippen LogP contribution in [0.2, 0.25) is 10.0 Å². The number of nitro benzene ring substituents is 1. The summed E-state index contributed by atoms with van der Waals surface area (Å²) < 4.78 is 5.96. The minimum Gasteiger partial charge on any atom is -0.454 e. The zero-order chi connectivity index (χ0) is 21.3. The summed E-state index contributed by atoms with van der Waals surface area (Å²) in [6.45, 7) is 2.96. The minimum absolute atomic E-state index is 0.0898. The van der Waals surface area contributed by atoms with Crippen molar-refractivity contribution < 1.29 is 9.34 Å². The van der Waals surface area contributed by atoms with Crippen LogP contribution in [0.25, 0.3) is 11.3 Å². The topological polar surface area (TPSA) is 62.8 Å². The van der Waals surface area contributed by atoms with Gasteiger partial charge < -0.3 is 14.2 Å². The predicted octanol–water partition coefficient (Wildman–Crippen LogP) is 5.66. The molecule has 0 saturated carbocycles. The second kappa shape index (κ2) is 8.63. The Balaban J connectivity index is 1.42. The van der Waals surface area contributed by atoms with Gasteiger partial charge in [0.1, 0.15) is 10.7 Å². The van der Waals surface area contributed by atoms with Crippen molar-refractivity contribution in [3.05, 3.63) is 80.5 Å². The average molecular weight is 462 g/mol. The van der Waals surface area contributed by atoms with Gasteiger partial charge in [0, 0.05) is 49.6 Å². The van der Waals surface area contributed by atoms with Crippen LogP contribution in [0.1, 0.15) is 5.76 Å². The number of hydrogen-bond donors (Lipinski definition) is 0. The van der Waals surface area contributed by atoms with Crippen molar-refractivity contribution in [3.8, 4) is 11.3 Å². The quantitative estimate of drug-likeness (QED) is 0.283. The summed E-state index contributed by atoms with van der Waals surface area (Å²) in [6, 6.07) is 15.7. The van der Waals surface area contributed by atoms with E-state index < -0.39 is 4.92 Å². The number of benzene rings is 2. The molecule has 0 N–H and O–H groups in total. The lowest BCUT2D eigenvalue weighted by Gasteiger charge is -2.36. The fraction of sp³-hybridized carbons (Fsp3) is 0.190. The van der Waals surface area contributed by atoms with E-state index in [4.69, 9.17) is 39.8 Å². The number of halogens is 2. The highest BCUT2D eigenvalue weighted by Crippen LogP contribution is 2.34. The summed E-state index contributed by atoms with van der Waals surface area (Å²) in [7, 11) is 0. The van der Waals surface area contributed by atoms with Crippen molar-refractivity contribution in [2.45, 2.75) is 0 Å². The molecule has 2 aromatic carbocycles. The number of nitro groups is 1. The highest BCUT2D eigenvalue weighted by Gasteiger charge is 2.23. The number of non-ortho nitro benzene ring substituents is 1. The Labute approximate surface area is 188 Å². The molecule has 1 aliphatic rings. The van der Waals surface area contributed by atoms with Gasteiger partial charge in [0.15, 0.2) is 5.76 Å². The van der Waals surface area contributed by atoms with Gasteiger partial charge in [-0.3, -0.25) is 10.1 Å². The third kappa shape index (κ3) is 4.14. The second-order valence-electron chi connectivity index (χ2n) is 6.82. The molecule has 0 radical (unpaired) electrons. The monoisotopic (exact) mass is 461 g/mol. The molecule has 0 bridgehead atoms. The summed E-state index contributed by atoms with van der Waals surface area (Å²) in [5.74, 6) is 1.23. The van der Waals surface area contributed by atoms with Gasteiger partial charge in [-0.25, -0.2) is 0 Å². The van der Waals surface area contributed by atoms with Crippen LogP contribution in [0.15, 0.2) is 59.0 Å². The molecule has 3 aromatic rings. The van der Waals surface area contributed by atoms with Crippen molar-refractivity contribution in [3.63, 3.8) is 0 Å². The molecule has 0 amide bonds. The number of nitrogens with zero attached hydrogens (tertiary/aromatic N) is 3. The summed E-state index contributed by atoms with van der Waals surface area (Å²) >= 11 is 18.0. The lowest BCUT2D eigenvalue weighted by atomic mass is 10.2. The molecule has 30 heavy (non-hydrogen) atoms. The standard InChI is InChI=1S/C21H17Cl2N3O3S/c22-17-3-1-2-16(20(17)23)18-8-9-19(29-18)21(30)25-12-10-24(11-13-25)14-4-6-15(7-5-14)26(27)28/h1-9H,10-13H2. The molecule has 0 unspecified atom stereocenters. The Morgan fingerprint density at radius 2 is 1.70 bits per heavy atom. The normalized spacial score (nSPS) is 14.1. The molecule has 1 fully saturated rings. The van der Waals surface area contributed by atoms with Gasteiger partial charge in [0.25, 0.3) is 5.69 Å². The van der Waals surface area contributed by atoms with Crippen LogP contribution in [0, 0.1) is 10.1 Å². The molecular weight excluding hydrogens is 445 g/mol. The zero-order valence-electron chi connectivity index (χ0n) is 15.8. The maximum Gasteiger partial charge on any atom is 0.269 e. The number of piperazine rings is 1. The van der Waals surface area contributed by atoms with Gasteiger partial charge in [0.05, 0.1) is 15.0 Å². The molecule has 1 saturated heterocycles. The van der Waals surface area contributed by atoms with Gasteiger partial charge in [-0.1, -0.05) is 41.5 Å². The SMILES string of the molecule is O=[N+]([O-])c1ccc(N2CCN(C(=S)c3ccc(-c4cccc(Cl)c4Cl)o3)CC2)cc1. The van der Waals surface area contributed by atoms with E-state index in [1.807, 2.05) is 24.3 Å². The molecule has 154 valence electrons. The van der Waals surface area contributed by atoms with E-state index >= 15 is 0 Å². The van der Waals surface area contributed by atoms with E-state index in [0.29, 0.717) is 26.6 Å². The molecule has 0 spiro atoms. The highest BCUT2D eigenvalue weighted by atomic mass is 35.5. The van der Waals surface area contributed by atoms with Gasteiger partial charge in [-0.2, -0.15) is 0 Å². The summed E-state index contributed by atoms with van der Waals surface area (Å²) in [5, 5.41) is 11.7. The van der Waals surface area contributed by atoms with E-state index in [0.717, 1.165) is 37.4 Å². The average Bonchev–Trinajstić information content (AvgIpc) is 3.25. The maximum absolute atomic E-state index is 10.8. The predicted molar refractivity (Wildman–Crippen MR) is 123 cm³/mol. The molecule has 0 aliphatic carbocycles. The van der Waals surface area contributed by atoms with Gasteiger partial charge in [-0.15, -0.1) is 0 Å². The first-order chi connectivity index (χ1) is 14.4. The van der Waals surface area contributed by atoms with Crippen molar-refractivity contribution >= 4 is 51.8 Å². The Hall–Kier alpha value is -2.61. The Bertz CT molecular complexity index is 1090. The third-order valence-electron chi connectivity index (χ3n) is 5.03. The van der Waals surface area contributed by atoms with Crippen LogP contribution in [-0.4, -0.2) is 41.0 Å².